The van der Waals surface area contributed by atoms with Gasteiger partial charge >= 0.3 is 6.18 Å². The number of halogens is 4. The summed E-state index contributed by atoms with van der Waals surface area (Å²) >= 11 is 6.20. The summed E-state index contributed by atoms with van der Waals surface area (Å²) in [4.78, 5) is 15.9. The molecule has 0 radical (unpaired) electrons. The maximum Gasteiger partial charge on any atom is 0.433 e. The highest BCUT2D eigenvalue weighted by Crippen LogP contribution is 2.30. The van der Waals surface area contributed by atoms with E-state index in [0.29, 0.717) is 22.0 Å². The van der Waals surface area contributed by atoms with Gasteiger partial charge in [-0.25, -0.2) is 4.98 Å². The van der Waals surface area contributed by atoms with E-state index in [-0.39, 0.29) is 11.3 Å². The molecule has 2 aromatic heterocycles. The zero-order valence-electron chi connectivity index (χ0n) is 14.3. The Kier molecular flexibility index (Phi) is 4.93. The van der Waals surface area contributed by atoms with Gasteiger partial charge in [-0.05, 0) is 43.3 Å². The molecule has 1 N–H and O–H groups in total. The summed E-state index contributed by atoms with van der Waals surface area (Å²) in [6.45, 7) is 1.35. The molecule has 3 aromatic rings. The first kappa shape index (κ1) is 18.9. The minimum Gasteiger partial charge on any atom is -0.322 e. The van der Waals surface area contributed by atoms with E-state index in [2.05, 4.69) is 15.4 Å². The summed E-state index contributed by atoms with van der Waals surface area (Å²) in [7, 11) is 1.77. The van der Waals surface area contributed by atoms with Crippen LogP contribution in [0.5, 0.6) is 0 Å². The third-order valence-electron chi connectivity index (χ3n) is 3.83. The van der Waals surface area contributed by atoms with Gasteiger partial charge < -0.3 is 5.32 Å². The fourth-order valence-electron chi connectivity index (χ4n) is 2.52. The number of nitrogens with zero attached hydrogens (tertiary/aromatic N) is 3. The third-order valence-corrected chi connectivity index (χ3v) is 4.16. The highest BCUT2D eigenvalue weighted by molar-refractivity contribution is 6.33. The number of amides is 1. The lowest BCUT2D eigenvalue weighted by atomic mass is 10.1. The molecule has 0 aliphatic rings. The van der Waals surface area contributed by atoms with Crippen molar-refractivity contribution < 1.29 is 18.0 Å². The number of carbonyl (C=O) groups is 1. The Labute approximate surface area is 157 Å². The minimum absolute atomic E-state index is 0.0127. The molecule has 9 heteroatoms. The standard InChI is InChI=1S/C18H14ClF3N4O/c1-10-12(4-6-16(23-10)18(20,21)22)17(27)24-11-3-5-14(19)13(9-11)15-7-8-26(2)25-15/h3-9H,1-2H3,(H,24,27). The normalized spacial score (nSPS) is 11.5. The molecule has 0 aliphatic carbocycles. The largest absolute Gasteiger partial charge is 0.433 e. The number of rotatable bonds is 3. The number of alkyl halides is 3. The van der Waals surface area contributed by atoms with Gasteiger partial charge in [0.15, 0.2) is 0 Å². The first-order chi connectivity index (χ1) is 12.6. The van der Waals surface area contributed by atoms with E-state index in [1.165, 1.54) is 6.92 Å². The first-order valence-electron chi connectivity index (χ1n) is 7.81. The number of carbonyl (C=O) groups excluding carboxylic acids is 1. The van der Waals surface area contributed by atoms with Gasteiger partial charge in [-0.3, -0.25) is 9.48 Å². The van der Waals surface area contributed by atoms with Crippen LogP contribution in [0.2, 0.25) is 5.02 Å². The average Bonchev–Trinajstić information content (AvgIpc) is 3.01. The Balaban J connectivity index is 1.86. The van der Waals surface area contributed by atoms with Crippen molar-refractivity contribution in [2.45, 2.75) is 13.1 Å². The summed E-state index contributed by atoms with van der Waals surface area (Å²) in [6.07, 6.45) is -2.80. The van der Waals surface area contributed by atoms with Crippen molar-refractivity contribution >= 4 is 23.2 Å². The van der Waals surface area contributed by atoms with Crippen LogP contribution < -0.4 is 5.32 Å². The van der Waals surface area contributed by atoms with E-state index >= 15 is 0 Å². The van der Waals surface area contributed by atoms with Crippen LogP contribution in [0.4, 0.5) is 18.9 Å². The summed E-state index contributed by atoms with van der Waals surface area (Å²) < 4.78 is 39.7. The molecule has 0 spiro atoms. The quantitative estimate of drug-likeness (QED) is 0.699. The summed E-state index contributed by atoms with van der Waals surface area (Å²) in [6, 6.07) is 8.52. The van der Waals surface area contributed by atoms with E-state index in [0.717, 1.165) is 12.1 Å². The lowest BCUT2D eigenvalue weighted by Crippen LogP contribution is -2.16. The van der Waals surface area contributed by atoms with Gasteiger partial charge in [0, 0.05) is 24.5 Å². The van der Waals surface area contributed by atoms with Crippen LogP contribution in [-0.2, 0) is 13.2 Å². The Morgan fingerprint density at radius 1 is 1.19 bits per heavy atom. The molecule has 0 unspecified atom stereocenters. The lowest BCUT2D eigenvalue weighted by molar-refractivity contribution is -0.141. The molecule has 0 saturated heterocycles. The van der Waals surface area contributed by atoms with Gasteiger partial charge in [0.1, 0.15) is 5.69 Å². The highest BCUT2D eigenvalue weighted by atomic mass is 35.5. The molecule has 0 aliphatic heterocycles. The number of pyridine rings is 1. The van der Waals surface area contributed by atoms with E-state index in [1.54, 1.807) is 42.2 Å². The first-order valence-corrected chi connectivity index (χ1v) is 8.18. The Morgan fingerprint density at radius 2 is 1.93 bits per heavy atom. The lowest BCUT2D eigenvalue weighted by Gasteiger charge is -2.11. The molecule has 0 fully saturated rings. The molecule has 1 aromatic carbocycles. The van der Waals surface area contributed by atoms with Crippen molar-refractivity contribution in [2.24, 2.45) is 7.05 Å². The second kappa shape index (κ2) is 7.03. The van der Waals surface area contributed by atoms with Crippen LogP contribution in [0.25, 0.3) is 11.3 Å². The van der Waals surface area contributed by atoms with Crippen molar-refractivity contribution in [1.29, 1.82) is 0 Å². The second-order valence-corrected chi connectivity index (χ2v) is 6.26. The number of aromatic nitrogens is 3. The Hall–Kier alpha value is -2.87. The van der Waals surface area contributed by atoms with Gasteiger partial charge in [-0.2, -0.15) is 18.3 Å². The number of hydrogen-bond donors (Lipinski definition) is 1. The number of hydrogen-bond acceptors (Lipinski definition) is 3. The SMILES string of the molecule is Cc1nc(C(F)(F)F)ccc1C(=O)Nc1ccc(Cl)c(-c2ccn(C)n2)c1. The van der Waals surface area contributed by atoms with Gasteiger partial charge in [-0.1, -0.05) is 11.6 Å². The molecule has 1 amide bonds. The molecular weight excluding hydrogens is 381 g/mol. The van der Waals surface area contributed by atoms with Gasteiger partial charge in [0.25, 0.3) is 5.91 Å². The van der Waals surface area contributed by atoms with Crippen LogP contribution in [0, 0.1) is 6.92 Å². The summed E-state index contributed by atoms with van der Waals surface area (Å²) in [5, 5.41) is 7.38. The van der Waals surface area contributed by atoms with Crippen molar-refractivity contribution in [3.05, 3.63) is 64.6 Å². The van der Waals surface area contributed by atoms with Crippen molar-refractivity contribution in [3.63, 3.8) is 0 Å². The van der Waals surface area contributed by atoms with Crippen molar-refractivity contribution in [2.75, 3.05) is 5.32 Å². The third kappa shape index (κ3) is 4.11. The molecule has 3 rings (SSSR count). The van der Waals surface area contributed by atoms with Crippen LogP contribution in [-0.4, -0.2) is 20.7 Å². The minimum atomic E-state index is -4.56. The monoisotopic (exact) mass is 394 g/mol. The summed E-state index contributed by atoms with van der Waals surface area (Å²) in [5.41, 5.74) is 0.687. The van der Waals surface area contributed by atoms with Gasteiger partial charge in [0.05, 0.1) is 22.0 Å². The average molecular weight is 395 g/mol. The Bertz CT molecular complexity index is 1010. The Morgan fingerprint density at radius 3 is 2.52 bits per heavy atom. The van der Waals surface area contributed by atoms with Crippen LogP contribution in [0.3, 0.4) is 0 Å². The van der Waals surface area contributed by atoms with Gasteiger partial charge in [0.2, 0.25) is 0 Å². The number of aryl methyl sites for hydroxylation is 2. The molecule has 2 heterocycles. The molecule has 0 saturated carbocycles. The van der Waals surface area contributed by atoms with E-state index in [9.17, 15) is 18.0 Å². The second-order valence-electron chi connectivity index (χ2n) is 5.85. The fourth-order valence-corrected chi connectivity index (χ4v) is 2.73. The van der Waals surface area contributed by atoms with E-state index in [1.807, 2.05) is 0 Å². The van der Waals surface area contributed by atoms with Crippen LogP contribution in [0.1, 0.15) is 21.7 Å². The number of anilines is 1. The molecular formula is C18H14ClF3N4O. The van der Waals surface area contributed by atoms with E-state index in [4.69, 9.17) is 11.6 Å². The predicted octanol–water partition coefficient (Wildman–Crippen LogP) is 4.72. The maximum atomic E-state index is 12.7. The number of nitrogens with one attached hydrogen (secondary N) is 1. The predicted molar refractivity (Wildman–Crippen MR) is 95.6 cm³/mol. The zero-order chi connectivity index (χ0) is 19.8. The molecule has 5 nitrogen and oxygen atoms in total. The molecule has 27 heavy (non-hydrogen) atoms. The van der Waals surface area contributed by atoms with Gasteiger partial charge in [-0.15, -0.1) is 0 Å². The molecule has 140 valence electrons. The smallest absolute Gasteiger partial charge is 0.322 e. The van der Waals surface area contributed by atoms with E-state index < -0.39 is 17.8 Å². The van der Waals surface area contributed by atoms with Crippen molar-refractivity contribution in [3.8, 4) is 11.3 Å². The molecule has 0 atom stereocenters. The number of benzene rings is 1. The molecule has 0 bridgehead atoms. The topological polar surface area (TPSA) is 59.8 Å². The van der Waals surface area contributed by atoms with Crippen LogP contribution >= 0.6 is 11.6 Å². The highest BCUT2D eigenvalue weighted by Gasteiger charge is 2.33. The summed E-state index contributed by atoms with van der Waals surface area (Å²) in [5.74, 6) is -0.567. The van der Waals surface area contributed by atoms with Crippen LogP contribution in [0.15, 0.2) is 42.6 Å². The maximum absolute atomic E-state index is 12.7. The van der Waals surface area contributed by atoms with Crippen molar-refractivity contribution in [1.82, 2.24) is 14.8 Å². The fraction of sp³-hybridized carbons (Fsp3) is 0.167. The zero-order valence-corrected chi connectivity index (χ0v) is 15.1.